The van der Waals surface area contributed by atoms with Crippen molar-refractivity contribution in [2.24, 2.45) is 0 Å². The minimum Gasteiger partial charge on any atom is -0.488 e. The van der Waals surface area contributed by atoms with Gasteiger partial charge in [0, 0.05) is 11.6 Å². The Morgan fingerprint density at radius 1 is 1.28 bits per heavy atom. The molecule has 18 heavy (non-hydrogen) atoms. The second-order valence-electron chi connectivity index (χ2n) is 4.02. The molecule has 0 unspecified atom stereocenters. The first kappa shape index (κ1) is 12.7. The predicted octanol–water partition coefficient (Wildman–Crippen LogP) is 3.95. The molecule has 0 aliphatic carbocycles. The highest BCUT2D eigenvalue weighted by atomic mass is 35.5. The number of ether oxygens (including phenoxy) is 1. The topological polar surface area (TPSA) is 35.2 Å². The lowest BCUT2D eigenvalue weighted by Crippen LogP contribution is -2.00. The van der Waals surface area contributed by atoms with Crippen LogP contribution in [0.2, 0.25) is 5.02 Å². The summed E-state index contributed by atoms with van der Waals surface area (Å²) in [6.07, 6.45) is 0. The standard InChI is InChI=1S/C14H13ClFNO/c1-9-6-13(17)11(15)7-14(9)18-8-10-4-2-3-5-12(10)16/h2-7H,8,17H2,1H3. The summed E-state index contributed by atoms with van der Waals surface area (Å²) >= 11 is 5.92. The summed E-state index contributed by atoms with van der Waals surface area (Å²) in [5, 5.41) is 0.434. The lowest BCUT2D eigenvalue weighted by Gasteiger charge is -2.11. The van der Waals surface area contributed by atoms with Crippen LogP contribution in [0.1, 0.15) is 11.1 Å². The van der Waals surface area contributed by atoms with E-state index in [1.807, 2.05) is 6.92 Å². The average Bonchev–Trinajstić information content (AvgIpc) is 2.34. The van der Waals surface area contributed by atoms with Gasteiger partial charge in [0.25, 0.3) is 0 Å². The van der Waals surface area contributed by atoms with Crippen molar-refractivity contribution in [1.29, 1.82) is 0 Å². The Morgan fingerprint density at radius 3 is 2.72 bits per heavy atom. The summed E-state index contributed by atoms with van der Waals surface area (Å²) in [6, 6.07) is 9.88. The molecule has 0 fully saturated rings. The fourth-order valence-corrected chi connectivity index (χ4v) is 1.77. The van der Waals surface area contributed by atoms with Gasteiger partial charge < -0.3 is 10.5 Å². The van der Waals surface area contributed by atoms with Crippen LogP contribution in [0, 0.1) is 12.7 Å². The maximum absolute atomic E-state index is 13.4. The molecule has 0 atom stereocenters. The van der Waals surface area contributed by atoms with Crippen molar-refractivity contribution in [3.05, 3.63) is 58.4 Å². The second-order valence-corrected chi connectivity index (χ2v) is 4.43. The zero-order valence-electron chi connectivity index (χ0n) is 9.91. The van der Waals surface area contributed by atoms with Crippen molar-refractivity contribution >= 4 is 17.3 Å². The molecule has 0 saturated carbocycles. The summed E-state index contributed by atoms with van der Waals surface area (Å²) in [4.78, 5) is 0. The third-order valence-electron chi connectivity index (χ3n) is 2.64. The fraction of sp³-hybridized carbons (Fsp3) is 0.143. The molecule has 2 rings (SSSR count). The van der Waals surface area contributed by atoms with Crippen LogP contribution in [-0.2, 0) is 6.61 Å². The highest BCUT2D eigenvalue weighted by molar-refractivity contribution is 6.33. The molecule has 0 aliphatic heterocycles. The van der Waals surface area contributed by atoms with Gasteiger partial charge in [-0.25, -0.2) is 4.39 Å². The highest BCUT2D eigenvalue weighted by Gasteiger charge is 2.06. The molecule has 94 valence electrons. The van der Waals surface area contributed by atoms with Crippen LogP contribution >= 0.6 is 11.6 Å². The molecule has 0 bridgehead atoms. The zero-order chi connectivity index (χ0) is 13.1. The van der Waals surface area contributed by atoms with Gasteiger partial charge in [-0.1, -0.05) is 29.8 Å². The Balaban J connectivity index is 2.16. The van der Waals surface area contributed by atoms with Crippen molar-refractivity contribution in [2.45, 2.75) is 13.5 Å². The molecule has 2 aromatic rings. The molecule has 0 spiro atoms. The van der Waals surface area contributed by atoms with E-state index in [0.717, 1.165) is 5.56 Å². The SMILES string of the molecule is Cc1cc(N)c(Cl)cc1OCc1ccccc1F. The Labute approximate surface area is 110 Å². The molecule has 0 aromatic heterocycles. The van der Waals surface area contributed by atoms with Gasteiger partial charge in [0.1, 0.15) is 18.2 Å². The van der Waals surface area contributed by atoms with Gasteiger partial charge in [0.15, 0.2) is 0 Å². The van der Waals surface area contributed by atoms with E-state index >= 15 is 0 Å². The van der Waals surface area contributed by atoms with E-state index in [4.69, 9.17) is 22.1 Å². The van der Waals surface area contributed by atoms with E-state index in [1.54, 1.807) is 30.3 Å². The first-order chi connectivity index (χ1) is 8.58. The molecule has 2 aromatic carbocycles. The van der Waals surface area contributed by atoms with Gasteiger partial charge >= 0.3 is 0 Å². The van der Waals surface area contributed by atoms with Crippen molar-refractivity contribution in [3.8, 4) is 5.75 Å². The second kappa shape index (κ2) is 5.27. The van der Waals surface area contributed by atoms with Crippen LogP contribution in [0.5, 0.6) is 5.75 Å². The molecule has 0 amide bonds. The van der Waals surface area contributed by atoms with Crippen molar-refractivity contribution in [1.82, 2.24) is 0 Å². The summed E-state index contributed by atoms with van der Waals surface area (Å²) in [5.41, 5.74) is 7.55. The number of hydrogen-bond donors (Lipinski definition) is 1. The zero-order valence-corrected chi connectivity index (χ0v) is 10.7. The van der Waals surface area contributed by atoms with Crippen LogP contribution in [0.15, 0.2) is 36.4 Å². The van der Waals surface area contributed by atoms with Crippen LogP contribution in [-0.4, -0.2) is 0 Å². The highest BCUT2D eigenvalue weighted by Crippen LogP contribution is 2.29. The van der Waals surface area contributed by atoms with Crippen LogP contribution in [0.3, 0.4) is 0 Å². The smallest absolute Gasteiger partial charge is 0.129 e. The number of halogens is 2. The van der Waals surface area contributed by atoms with Crippen LogP contribution < -0.4 is 10.5 Å². The van der Waals surface area contributed by atoms with Crippen molar-refractivity contribution in [2.75, 3.05) is 5.73 Å². The first-order valence-electron chi connectivity index (χ1n) is 5.50. The third kappa shape index (κ3) is 2.74. The van der Waals surface area contributed by atoms with Gasteiger partial charge in [-0.15, -0.1) is 0 Å². The summed E-state index contributed by atoms with van der Waals surface area (Å²) < 4.78 is 19.0. The third-order valence-corrected chi connectivity index (χ3v) is 2.96. The van der Waals surface area contributed by atoms with E-state index < -0.39 is 0 Å². The minimum absolute atomic E-state index is 0.160. The lowest BCUT2D eigenvalue weighted by molar-refractivity contribution is 0.298. The molecular formula is C14H13ClFNO. The summed E-state index contributed by atoms with van der Waals surface area (Å²) in [5.74, 6) is 0.328. The Bertz CT molecular complexity index is 572. The molecule has 2 nitrogen and oxygen atoms in total. The van der Waals surface area contributed by atoms with E-state index in [1.165, 1.54) is 6.07 Å². The Hall–Kier alpha value is -1.74. The number of nitrogens with two attached hydrogens (primary N) is 1. The normalized spacial score (nSPS) is 10.4. The predicted molar refractivity (Wildman–Crippen MR) is 71.3 cm³/mol. The monoisotopic (exact) mass is 265 g/mol. The maximum Gasteiger partial charge on any atom is 0.129 e. The summed E-state index contributed by atoms with van der Waals surface area (Å²) in [6.45, 7) is 2.02. The molecular weight excluding hydrogens is 253 g/mol. The van der Waals surface area contributed by atoms with Gasteiger partial charge in [-0.2, -0.15) is 0 Å². The molecule has 0 aliphatic rings. The Kier molecular flexibility index (Phi) is 3.72. The van der Waals surface area contributed by atoms with Gasteiger partial charge in [-0.3, -0.25) is 0 Å². The van der Waals surface area contributed by atoms with Crippen LogP contribution in [0.25, 0.3) is 0 Å². The quantitative estimate of drug-likeness (QED) is 0.853. The van der Waals surface area contributed by atoms with Gasteiger partial charge in [0.2, 0.25) is 0 Å². The molecule has 2 N–H and O–H groups in total. The van der Waals surface area contributed by atoms with E-state index in [-0.39, 0.29) is 12.4 Å². The van der Waals surface area contributed by atoms with Gasteiger partial charge in [-0.05, 0) is 24.6 Å². The van der Waals surface area contributed by atoms with E-state index in [2.05, 4.69) is 0 Å². The Morgan fingerprint density at radius 2 is 2.00 bits per heavy atom. The number of anilines is 1. The van der Waals surface area contributed by atoms with E-state index in [9.17, 15) is 4.39 Å². The first-order valence-corrected chi connectivity index (χ1v) is 5.87. The van der Waals surface area contributed by atoms with E-state index in [0.29, 0.717) is 22.0 Å². The average molecular weight is 266 g/mol. The molecule has 0 heterocycles. The summed E-state index contributed by atoms with van der Waals surface area (Å²) in [7, 11) is 0. The maximum atomic E-state index is 13.4. The number of aryl methyl sites for hydroxylation is 1. The minimum atomic E-state index is -0.281. The number of rotatable bonds is 3. The molecule has 0 radical (unpaired) electrons. The molecule has 4 heteroatoms. The number of benzene rings is 2. The lowest BCUT2D eigenvalue weighted by atomic mass is 10.2. The van der Waals surface area contributed by atoms with Crippen molar-refractivity contribution in [3.63, 3.8) is 0 Å². The number of hydrogen-bond acceptors (Lipinski definition) is 2. The van der Waals surface area contributed by atoms with Crippen LogP contribution in [0.4, 0.5) is 10.1 Å². The van der Waals surface area contributed by atoms with Crippen molar-refractivity contribution < 1.29 is 9.13 Å². The molecule has 0 saturated heterocycles. The number of nitrogen functional groups attached to an aromatic ring is 1. The largest absolute Gasteiger partial charge is 0.488 e. The van der Waals surface area contributed by atoms with Gasteiger partial charge in [0.05, 0.1) is 10.7 Å². The fourth-order valence-electron chi connectivity index (χ4n) is 1.61.